The van der Waals surface area contributed by atoms with Crippen LogP contribution in [0.15, 0.2) is 41.4 Å². The number of nitrogens with one attached hydrogen (secondary N) is 1. The molecule has 2 N–H and O–H groups in total. The van der Waals surface area contributed by atoms with E-state index in [9.17, 15) is 13.5 Å². The molecule has 2 aromatic heterocycles. The van der Waals surface area contributed by atoms with Crippen LogP contribution in [-0.4, -0.2) is 33.3 Å². The Hall–Kier alpha value is -2.49. The summed E-state index contributed by atoms with van der Waals surface area (Å²) in [5, 5.41) is 19.2. The molecule has 2 heterocycles. The van der Waals surface area contributed by atoms with E-state index < -0.39 is 15.6 Å². The van der Waals surface area contributed by atoms with Gasteiger partial charge in [0.25, 0.3) is 10.0 Å². The van der Waals surface area contributed by atoms with Crippen LogP contribution in [0.4, 0.5) is 5.69 Å². The lowest BCUT2D eigenvalue weighted by Crippen LogP contribution is -2.23. The molecule has 0 fully saturated rings. The summed E-state index contributed by atoms with van der Waals surface area (Å²) < 4.78 is 30.7. The fourth-order valence-electron chi connectivity index (χ4n) is 3.39. The van der Waals surface area contributed by atoms with Gasteiger partial charge in [0, 0.05) is 12.2 Å². The van der Waals surface area contributed by atoms with Crippen molar-refractivity contribution in [2.75, 3.05) is 4.72 Å². The molecule has 0 saturated heterocycles. The van der Waals surface area contributed by atoms with Crippen LogP contribution in [-0.2, 0) is 21.0 Å². The van der Waals surface area contributed by atoms with Gasteiger partial charge in [-0.05, 0) is 56.9 Å². The highest BCUT2D eigenvalue weighted by molar-refractivity contribution is 7.92. The molecule has 3 aromatic rings. The van der Waals surface area contributed by atoms with E-state index in [-0.39, 0.29) is 32.8 Å². The number of anilines is 1. The summed E-state index contributed by atoms with van der Waals surface area (Å²) in [7, 11) is -3.93. The zero-order chi connectivity index (χ0) is 24.8. The first-order chi connectivity index (χ1) is 15.1. The number of hydrogen-bond donors (Lipinski definition) is 2. The first-order valence-corrected chi connectivity index (χ1v) is 12.4. The number of pyridine rings is 1. The predicted octanol–water partition coefficient (Wildman–Crippen LogP) is 4.90. The number of halogens is 1. The first kappa shape index (κ1) is 25.1. The topological polar surface area (TPSA) is 110 Å². The largest absolute Gasteiger partial charge is 0.382 e. The molecule has 178 valence electrons. The Morgan fingerprint density at radius 3 is 2.18 bits per heavy atom. The molecule has 0 atom stereocenters. The van der Waals surface area contributed by atoms with E-state index in [4.69, 9.17) is 11.6 Å². The third-order valence-corrected chi connectivity index (χ3v) is 6.69. The van der Waals surface area contributed by atoms with Crippen molar-refractivity contribution >= 4 is 27.3 Å². The fourth-order valence-corrected chi connectivity index (χ4v) is 4.61. The molecule has 1 aromatic carbocycles. The molecular formula is C23H30ClN5O3S. The molecule has 0 spiro atoms. The number of hydrogen-bond acceptors (Lipinski definition) is 6. The molecule has 0 unspecified atom stereocenters. The van der Waals surface area contributed by atoms with Crippen LogP contribution in [0.3, 0.4) is 0 Å². The highest BCUT2D eigenvalue weighted by Crippen LogP contribution is 2.33. The second kappa shape index (κ2) is 8.70. The third-order valence-electron chi connectivity index (χ3n) is 5.10. The zero-order valence-corrected chi connectivity index (χ0v) is 21.5. The minimum Gasteiger partial charge on any atom is -0.382 e. The van der Waals surface area contributed by atoms with E-state index in [2.05, 4.69) is 40.7 Å². The highest BCUT2D eigenvalue weighted by Gasteiger charge is 2.30. The van der Waals surface area contributed by atoms with Crippen molar-refractivity contribution in [2.45, 2.75) is 70.4 Å². The van der Waals surface area contributed by atoms with Crippen LogP contribution in [0.2, 0.25) is 5.02 Å². The summed E-state index contributed by atoms with van der Waals surface area (Å²) in [6.45, 7) is 13.2. The second-order valence-electron chi connectivity index (χ2n) is 9.80. The summed E-state index contributed by atoms with van der Waals surface area (Å²) >= 11 is 6.15. The van der Waals surface area contributed by atoms with Crippen molar-refractivity contribution < 1.29 is 13.5 Å². The van der Waals surface area contributed by atoms with Gasteiger partial charge in [0.15, 0.2) is 11.6 Å². The minimum atomic E-state index is -3.93. The summed E-state index contributed by atoms with van der Waals surface area (Å²) in [4.78, 5) is 4.46. The van der Waals surface area contributed by atoms with Crippen LogP contribution >= 0.6 is 11.6 Å². The van der Waals surface area contributed by atoms with E-state index in [1.165, 1.54) is 12.3 Å². The predicted molar refractivity (Wildman–Crippen MR) is 130 cm³/mol. The molecular weight excluding hydrogens is 462 g/mol. The van der Waals surface area contributed by atoms with E-state index in [0.717, 1.165) is 5.56 Å². The maximum atomic E-state index is 13.2. The second-order valence-corrected chi connectivity index (χ2v) is 11.9. The third kappa shape index (κ3) is 5.37. The zero-order valence-electron chi connectivity index (χ0n) is 19.9. The molecule has 33 heavy (non-hydrogen) atoms. The average Bonchev–Trinajstić information content (AvgIpc) is 3.13. The molecule has 8 nitrogen and oxygen atoms in total. The Labute approximate surface area is 200 Å². The van der Waals surface area contributed by atoms with E-state index in [1.54, 1.807) is 42.7 Å². The van der Waals surface area contributed by atoms with Crippen LogP contribution < -0.4 is 4.72 Å². The van der Waals surface area contributed by atoms with E-state index >= 15 is 0 Å². The molecule has 0 aliphatic heterocycles. The summed E-state index contributed by atoms with van der Waals surface area (Å²) in [5.41, 5.74) is 0.0932. The lowest BCUT2D eigenvalue weighted by Gasteiger charge is -2.22. The highest BCUT2D eigenvalue weighted by atomic mass is 35.5. The number of nitrogens with zero attached hydrogens (tertiary/aromatic N) is 4. The fraction of sp³-hybridized carbons (Fsp3) is 0.435. The smallest absolute Gasteiger partial charge is 0.261 e. The number of aromatic nitrogens is 4. The van der Waals surface area contributed by atoms with Crippen molar-refractivity contribution in [3.63, 3.8) is 0 Å². The number of aliphatic hydroxyl groups is 1. The minimum absolute atomic E-state index is 0.0983. The molecule has 0 amide bonds. The van der Waals surface area contributed by atoms with Gasteiger partial charge in [-0.2, -0.15) is 0 Å². The average molecular weight is 492 g/mol. The number of rotatable bonds is 6. The number of benzene rings is 1. The Kier molecular flexibility index (Phi) is 6.63. The van der Waals surface area contributed by atoms with Gasteiger partial charge in [-0.1, -0.05) is 44.5 Å². The molecule has 3 rings (SSSR count). The Balaban J connectivity index is 2.09. The SMILES string of the molecule is CC(C)n1c(-c2ncc(Cl)cc2NS(=O)(=O)c2ccc(C(C)(C)C)cc2)nnc1C(C)(C)O. The molecule has 0 bridgehead atoms. The summed E-state index contributed by atoms with van der Waals surface area (Å²) in [6, 6.07) is 8.11. The van der Waals surface area contributed by atoms with Crippen LogP contribution in [0.5, 0.6) is 0 Å². The Morgan fingerprint density at radius 2 is 1.67 bits per heavy atom. The van der Waals surface area contributed by atoms with Gasteiger partial charge < -0.3 is 9.67 Å². The van der Waals surface area contributed by atoms with Crippen LogP contribution in [0.25, 0.3) is 11.5 Å². The molecule has 0 aliphatic rings. The van der Waals surface area contributed by atoms with Gasteiger partial charge in [0.2, 0.25) is 0 Å². The van der Waals surface area contributed by atoms with Crippen molar-refractivity contribution in [3.05, 3.63) is 52.9 Å². The standard InChI is InChI=1S/C23H30ClN5O3S/c1-14(2)29-20(26-27-21(29)23(6,7)30)19-18(12-16(24)13-25-19)28-33(31,32)17-10-8-15(9-11-17)22(3,4)5/h8-14,28,30H,1-7H3. The quantitative estimate of drug-likeness (QED) is 0.507. The van der Waals surface area contributed by atoms with Crippen LogP contribution in [0.1, 0.15) is 65.9 Å². The Morgan fingerprint density at radius 1 is 1.06 bits per heavy atom. The maximum absolute atomic E-state index is 13.2. The first-order valence-electron chi connectivity index (χ1n) is 10.6. The van der Waals surface area contributed by atoms with Crippen molar-refractivity contribution in [2.24, 2.45) is 0 Å². The summed E-state index contributed by atoms with van der Waals surface area (Å²) in [6.07, 6.45) is 1.41. The van der Waals surface area contributed by atoms with Crippen LogP contribution in [0, 0.1) is 0 Å². The number of sulfonamides is 1. The monoisotopic (exact) mass is 491 g/mol. The lowest BCUT2D eigenvalue weighted by molar-refractivity contribution is 0.0633. The molecule has 10 heteroatoms. The normalized spacial score (nSPS) is 12.9. The van der Waals surface area contributed by atoms with Crippen molar-refractivity contribution in [1.29, 1.82) is 0 Å². The van der Waals surface area contributed by atoms with Crippen molar-refractivity contribution in [1.82, 2.24) is 19.7 Å². The summed E-state index contributed by atoms with van der Waals surface area (Å²) in [5.74, 6) is 0.662. The van der Waals surface area contributed by atoms with Gasteiger partial charge in [0.1, 0.15) is 11.3 Å². The van der Waals surface area contributed by atoms with Gasteiger partial charge in [0.05, 0.1) is 15.6 Å². The van der Waals surface area contributed by atoms with Crippen molar-refractivity contribution in [3.8, 4) is 11.5 Å². The van der Waals surface area contributed by atoms with E-state index in [1.807, 2.05) is 13.8 Å². The molecule has 0 aliphatic carbocycles. The Bertz CT molecular complexity index is 1250. The van der Waals surface area contributed by atoms with E-state index in [0.29, 0.717) is 11.6 Å². The lowest BCUT2D eigenvalue weighted by atomic mass is 9.87. The van der Waals surface area contributed by atoms with Gasteiger partial charge in [-0.25, -0.2) is 13.4 Å². The molecule has 0 radical (unpaired) electrons. The van der Waals surface area contributed by atoms with Gasteiger partial charge >= 0.3 is 0 Å². The maximum Gasteiger partial charge on any atom is 0.261 e. The molecule has 0 saturated carbocycles. The van der Waals surface area contributed by atoms with Gasteiger partial charge in [-0.15, -0.1) is 10.2 Å². The van der Waals surface area contributed by atoms with Gasteiger partial charge in [-0.3, -0.25) is 4.72 Å².